The molecule has 0 fully saturated rings. The first-order valence-electron chi connectivity index (χ1n) is 9.28. The third kappa shape index (κ3) is 4.42. The molecule has 28 heavy (non-hydrogen) atoms. The van der Waals surface area contributed by atoms with Crippen molar-refractivity contribution >= 4 is 5.97 Å². The average Bonchev–Trinajstić information content (AvgIpc) is 3.16. The van der Waals surface area contributed by atoms with Gasteiger partial charge in [0, 0.05) is 0 Å². The Bertz CT molecular complexity index is 804. The fourth-order valence-corrected chi connectivity index (χ4v) is 2.77. The Balaban J connectivity index is 1.78. The number of carbonyl (C=O) groups excluding carboxylic acids is 1. The second-order valence-electron chi connectivity index (χ2n) is 5.86. The minimum Gasteiger partial charge on any atom is -0.490 e. The minimum absolute atomic E-state index is 0.108. The van der Waals surface area contributed by atoms with Crippen LogP contribution in [0.1, 0.15) is 36.7 Å². The normalized spacial score (nSPS) is 11.8. The number of fused-ring (bicyclic) bond motifs is 1. The van der Waals surface area contributed by atoms with Crippen LogP contribution >= 0.6 is 0 Å². The van der Waals surface area contributed by atoms with Crippen LogP contribution in [0.4, 0.5) is 0 Å². The highest BCUT2D eigenvalue weighted by molar-refractivity contribution is 5.91. The van der Waals surface area contributed by atoms with Gasteiger partial charge in [-0.15, -0.1) is 0 Å². The van der Waals surface area contributed by atoms with Crippen molar-refractivity contribution in [2.75, 3.05) is 26.6 Å². The topological polar surface area (TPSA) is 72.5 Å². The van der Waals surface area contributed by atoms with E-state index >= 15 is 0 Å². The van der Waals surface area contributed by atoms with E-state index in [9.17, 15) is 4.79 Å². The van der Waals surface area contributed by atoms with Crippen LogP contribution in [0.25, 0.3) is 0 Å². The molecule has 0 bridgehead atoms. The zero-order valence-corrected chi connectivity index (χ0v) is 16.3. The van der Waals surface area contributed by atoms with E-state index < -0.39 is 5.97 Å². The first-order valence-corrected chi connectivity index (χ1v) is 9.28. The molecule has 2 aromatic carbocycles. The molecule has 0 amide bonds. The molecule has 0 spiro atoms. The van der Waals surface area contributed by atoms with Crippen LogP contribution in [0.15, 0.2) is 30.3 Å². The molecule has 3 rings (SSSR count). The van der Waals surface area contributed by atoms with Crippen LogP contribution in [0.2, 0.25) is 0 Å². The monoisotopic (exact) mass is 388 g/mol. The van der Waals surface area contributed by atoms with Gasteiger partial charge in [0.05, 0.1) is 25.4 Å². The molecule has 0 unspecified atom stereocenters. The van der Waals surface area contributed by atoms with Crippen molar-refractivity contribution in [3.05, 3.63) is 41.5 Å². The molecule has 1 heterocycles. The third-order valence-corrected chi connectivity index (χ3v) is 3.95. The van der Waals surface area contributed by atoms with E-state index in [1.165, 1.54) is 0 Å². The first kappa shape index (κ1) is 19.7. The predicted octanol–water partition coefficient (Wildman–Crippen LogP) is 3.97. The van der Waals surface area contributed by atoms with E-state index in [1.807, 2.05) is 26.8 Å². The maximum atomic E-state index is 12.6. The second-order valence-corrected chi connectivity index (χ2v) is 5.86. The van der Waals surface area contributed by atoms with Gasteiger partial charge in [0.1, 0.15) is 6.61 Å². The molecule has 0 aliphatic carbocycles. The Morgan fingerprint density at radius 1 is 0.893 bits per heavy atom. The number of hydrogen-bond acceptors (Lipinski definition) is 7. The van der Waals surface area contributed by atoms with Crippen molar-refractivity contribution in [1.82, 2.24) is 0 Å². The molecule has 0 atom stereocenters. The van der Waals surface area contributed by atoms with Crippen LogP contribution in [0.3, 0.4) is 0 Å². The van der Waals surface area contributed by atoms with Crippen molar-refractivity contribution in [1.29, 1.82) is 0 Å². The van der Waals surface area contributed by atoms with Crippen LogP contribution in [0.5, 0.6) is 28.7 Å². The Morgan fingerprint density at radius 3 is 2.18 bits per heavy atom. The minimum atomic E-state index is -0.484. The van der Waals surface area contributed by atoms with Gasteiger partial charge in [-0.05, 0) is 50.6 Å². The Kier molecular flexibility index (Phi) is 6.47. The SMILES string of the molecule is CCOc1cc(C(=O)OCc2ccc3c(c2)OCO3)cc(OCC)c1OCC. The molecule has 0 aromatic heterocycles. The van der Waals surface area contributed by atoms with Crippen LogP contribution in [-0.4, -0.2) is 32.6 Å². The highest BCUT2D eigenvalue weighted by Crippen LogP contribution is 2.39. The van der Waals surface area contributed by atoms with Crippen LogP contribution < -0.4 is 23.7 Å². The summed E-state index contributed by atoms with van der Waals surface area (Å²) in [6.45, 7) is 7.22. The van der Waals surface area contributed by atoms with Crippen molar-refractivity contribution in [3.63, 3.8) is 0 Å². The molecule has 7 nitrogen and oxygen atoms in total. The number of rotatable bonds is 9. The Labute approximate surface area is 164 Å². The predicted molar refractivity (Wildman–Crippen MR) is 102 cm³/mol. The molecule has 150 valence electrons. The van der Waals surface area contributed by atoms with Gasteiger partial charge in [-0.2, -0.15) is 0 Å². The summed E-state index contributed by atoms with van der Waals surface area (Å²) in [5, 5.41) is 0. The number of carbonyl (C=O) groups is 1. The van der Waals surface area contributed by atoms with Gasteiger partial charge in [-0.1, -0.05) is 6.07 Å². The zero-order chi connectivity index (χ0) is 19.9. The lowest BCUT2D eigenvalue weighted by molar-refractivity contribution is 0.0471. The summed E-state index contributed by atoms with van der Waals surface area (Å²) >= 11 is 0. The molecule has 0 saturated carbocycles. The first-order chi connectivity index (χ1) is 13.7. The molecule has 2 aromatic rings. The smallest absolute Gasteiger partial charge is 0.338 e. The lowest BCUT2D eigenvalue weighted by atomic mass is 10.1. The van der Waals surface area contributed by atoms with E-state index in [4.69, 9.17) is 28.4 Å². The Morgan fingerprint density at radius 2 is 1.54 bits per heavy atom. The van der Waals surface area contributed by atoms with Crippen molar-refractivity contribution in [3.8, 4) is 28.7 Å². The molecular weight excluding hydrogens is 364 g/mol. The fraction of sp³-hybridized carbons (Fsp3) is 0.381. The molecule has 1 aliphatic rings. The standard InChI is InChI=1S/C21H24O7/c1-4-23-18-10-15(11-19(24-5-2)20(18)25-6-3)21(22)26-12-14-7-8-16-17(9-14)28-13-27-16/h7-11H,4-6,12-13H2,1-3H3. The van der Waals surface area contributed by atoms with Gasteiger partial charge in [-0.25, -0.2) is 4.79 Å². The Hall–Kier alpha value is -3.09. The van der Waals surface area contributed by atoms with Crippen molar-refractivity contribution in [2.45, 2.75) is 27.4 Å². The molecule has 0 saturated heterocycles. The fourth-order valence-electron chi connectivity index (χ4n) is 2.77. The summed E-state index contributed by atoms with van der Waals surface area (Å²) in [5.41, 5.74) is 1.13. The van der Waals surface area contributed by atoms with Gasteiger partial charge in [0.15, 0.2) is 23.0 Å². The summed E-state index contributed by atoms with van der Waals surface area (Å²) < 4.78 is 33.0. The number of hydrogen-bond donors (Lipinski definition) is 0. The third-order valence-electron chi connectivity index (χ3n) is 3.95. The number of benzene rings is 2. The average molecular weight is 388 g/mol. The van der Waals surface area contributed by atoms with E-state index in [-0.39, 0.29) is 13.4 Å². The summed E-state index contributed by atoms with van der Waals surface area (Å²) in [4.78, 5) is 12.6. The maximum absolute atomic E-state index is 12.6. The van der Waals surface area contributed by atoms with E-state index in [0.29, 0.717) is 54.1 Å². The maximum Gasteiger partial charge on any atom is 0.338 e. The molecule has 1 aliphatic heterocycles. The largest absolute Gasteiger partial charge is 0.490 e. The zero-order valence-electron chi connectivity index (χ0n) is 16.3. The summed E-state index contributed by atoms with van der Waals surface area (Å²) in [6.07, 6.45) is 0. The molecule has 0 N–H and O–H groups in total. The van der Waals surface area contributed by atoms with Crippen LogP contribution in [0, 0.1) is 0 Å². The van der Waals surface area contributed by atoms with Crippen LogP contribution in [-0.2, 0) is 11.3 Å². The molecule has 0 radical (unpaired) electrons. The molecule has 7 heteroatoms. The van der Waals surface area contributed by atoms with Crippen molar-refractivity contribution < 1.29 is 33.2 Å². The highest BCUT2D eigenvalue weighted by atomic mass is 16.7. The lowest BCUT2D eigenvalue weighted by Gasteiger charge is -2.17. The van der Waals surface area contributed by atoms with Gasteiger partial charge in [-0.3, -0.25) is 0 Å². The van der Waals surface area contributed by atoms with Gasteiger partial charge in [0.25, 0.3) is 0 Å². The van der Waals surface area contributed by atoms with E-state index in [2.05, 4.69) is 0 Å². The number of ether oxygens (including phenoxy) is 6. The summed E-state index contributed by atoms with van der Waals surface area (Å²) in [6, 6.07) is 8.64. The summed E-state index contributed by atoms with van der Waals surface area (Å²) in [5.74, 6) is 2.23. The molecular formula is C21H24O7. The van der Waals surface area contributed by atoms with Gasteiger partial charge in [0.2, 0.25) is 12.5 Å². The lowest BCUT2D eigenvalue weighted by Crippen LogP contribution is -2.08. The van der Waals surface area contributed by atoms with E-state index in [1.54, 1.807) is 24.3 Å². The summed E-state index contributed by atoms with van der Waals surface area (Å²) in [7, 11) is 0. The van der Waals surface area contributed by atoms with E-state index in [0.717, 1.165) is 5.56 Å². The van der Waals surface area contributed by atoms with Gasteiger partial charge < -0.3 is 28.4 Å². The number of esters is 1. The second kappa shape index (κ2) is 9.21. The van der Waals surface area contributed by atoms with Crippen molar-refractivity contribution in [2.24, 2.45) is 0 Å². The highest BCUT2D eigenvalue weighted by Gasteiger charge is 2.20. The quantitative estimate of drug-likeness (QED) is 0.602. The van der Waals surface area contributed by atoms with Gasteiger partial charge >= 0.3 is 5.97 Å².